The first-order chi connectivity index (χ1) is 13.2. The lowest BCUT2D eigenvalue weighted by atomic mass is 9.76. The van der Waals surface area contributed by atoms with Crippen LogP contribution < -0.4 is 15.4 Å². The van der Waals surface area contributed by atoms with E-state index in [9.17, 15) is 10.1 Å². The van der Waals surface area contributed by atoms with E-state index in [4.69, 9.17) is 10.5 Å². The molecule has 5 nitrogen and oxygen atoms in total. The van der Waals surface area contributed by atoms with E-state index >= 15 is 0 Å². The van der Waals surface area contributed by atoms with Gasteiger partial charge < -0.3 is 10.5 Å². The van der Waals surface area contributed by atoms with Gasteiger partial charge in [-0.15, -0.1) is 0 Å². The third kappa shape index (κ3) is 2.81. The van der Waals surface area contributed by atoms with Crippen LogP contribution in [0.4, 0.5) is 5.69 Å². The number of Topliss-reactive ketones (excluding diaryl/α,β-unsaturated/α-hetero) is 1. The van der Waals surface area contributed by atoms with Crippen LogP contribution in [0.5, 0.6) is 5.75 Å². The lowest BCUT2D eigenvalue weighted by Crippen LogP contribution is -2.38. The number of allylic oxidation sites excluding steroid dienone is 3. The van der Waals surface area contributed by atoms with Gasteiger partial charge in [0.05, 0.1) is 24.7 Å². The summed E-state index contributed by atoms with van der Waals surface area (Å²) in [6.45, 7) is 0. The Morgan fingerprint density at radius 2 is 2.04 bits per heavy atom. The maximum absolute atomic E-state index is 12.9. The molecule has 2 aromatic rings. The number of ether oxygens (including phenoxy) is 1. The molecule has 1 aliphatic carbocycles. The number of carbonyl (C=O) groups excluding carboxylic acids is 1. The van der Waals surface area contributed by atoms with Gasteiger partial charge in [-0.3, -0.25) is 9.69 Å². The minimum atomic E-state index is -0.376. The Kier molecular flexibility index (Phi) is 4.46. The van der Waals surface area contributed by atoms with Crippen molar-refractivity contribution in [2.45, 2.75) is 25.2 Å². The van der Waals surface area contributed by atoms with Gasteiger partial charge in [0.2, 0.25) is 0 Å². The van der Waals surface area contributed by atoms with Gasteiger partial charge in [-0.2, -0.15) is 16.6 Å². The molecule has 2 N–H and O–H groups in total. The molecule has 1 aliphatic heterocycles. The van der Waals surface area contributed by atoms with Crippen molar-refractivity contribution in [2.24, 2.45) is 5.73 Å². The van der Waals surface area contributed by atoms with Gasteiger partial charge in [-0.1, -0.05) is 0 Å². The summed E-state index contributed by atoms with van der Waals surface area (Å²) in [5.41, 5.74) is 10.3. The normalized spacial score (nSPS) is 19.8. The summed E-state index contributed by atoms with van der Waals surface area (Å²) in [6.07, 6.45) is 2.05. The molecule has 0 fully saturated rings. The number of nitriles is 1. The van der Waals surface area contributed by atoms with Crippen molar-refractivity contribution >= 4 is 22.8 Å². The summed E-state index contributed by atoms with van der Waals surface area (Å²) < 4.78 is 5.24. The summed E-state index contributed by atoms with van der Waals surface area (Å²) in [6, 6.07) is 11.7. The second kappa shape index (κ2) is 6.93. The molecule has 2 heterocycles. The molecule has 0 radical (unpaired) electrons. The van der Waals surface area contributed by atoms with Crippen LogP contribution in [0, 0.1) is 11.3 Å². The van der Waals surface area contributed by atoms with Crippen molar-refractivity contribution in [1.29, 1.82) is 5.26 Å². The first kappa shape index (κ1) is 17.4. The van der Waals surface area contributed by atoms with Gasteiger partial charge in [0, 0.05) is 23.4 Å². The maximum Gasteiger partial charge on any atom is 0.161 e. The molecule has 6 heteroatoms. The highest BCUT2D eigenvalue weighted by Gasteiger charge is 2.40. The summed E-state index contributed by atoms with van der Waals surface area (Å²) in [5, 5.41) is 13.8. The number of carbonyl (C=O) groups is 1. The monoisotopic (exact) mass is 377 g/mol. The van der Waals surface area contributed by atoms with Crippen LogP contribution in [0.1, 0.15) is 30.7 Å². The van der Waals surface area contributed by atoms with Crippen LogP contribution in [0.2, 0.25) is 0 Å². The van der Waals surface area contributed by atoms with E-state index in [2.05, 4.69) is 6.07 Å². The van der Waals surface area contributed by atoms with Gasteiger partial charge in [0.1, 0.15) is 11.6 Å². The highest BCUT2D eigenvalue weighted by Crippen LogP contribution is 2.46. The zero-order chi connectivity index (χ0) is 19.0. The van der Waals surface area contributed by atoms with E-state index in [1.807, 2.05) is 46.0 Å². The molecule has 136 valence electrons. The van der Waals surface area contributed by atoms with Crippen molar-refractivity contribution in [1.82, 2.24) is 0 Å². The van der Waals surface area contributed by atoms with Gasteiger partial charge in [-0.25, -0.2) is 0 Å². The van der Waals surface area contributed by atoms with E-state index in [0.29, 0.717) is 23.4 Å². The fraction of sp³-hybridized carbons (Fsp3) is 0.238. The van der Waals surface area contributed by atoms with E-state index in [-0.39, 0.29) is 11.7 Å². The Bertz CT molecular complexity index is 981. The van der Waals surface area contributed by atoms with E-state index < -0.39 is 0 Å². The third-order valence-electron chi connectivity index (χ3n) is 5.12. The number of hydrogen-bond donors (Lipinski definition) is 1. The van der Waals surface area contributed by atoms with Crippen molar-refractivity contribution in [2.75, 3.05) is 12.0 Å². The Morgan fingerprint density at radius 1 is 1.26 bits per heavy atom. The van der Waals surface area contributed by atoms with Crippen molar-refractivity contribution in [3.05, 3.63) is 69.3 Å². The zero-order valence-electron chi connectivity index (χ0n) is 14.9. The molecule has 4 rings (SSSR count). The highest BCUT2D eigenvalue weighted by atomic mass is 32.1. The smallest absolute Gasteiger partial charge is 0.161 e. The molecule has 0 bridgehead atoms. The summed E-state index contributed by atoms with van der Waals surface area (Å²) in [7, 11) is 1.61. The predicted molar refractivity (Wildman–Crippen MR) is 105 cm³/mol. The van der Waals surface area contributed by atoms with Gasteiger partial charge in [-0.05, 0) is 59.5 Å². The molecule has 0 unspecified atom stereocenters. The van der Waals surface area contributed by atoms with Crippen LogP contribution in [0.25, 0.3) is 0 Å². The van der Waals surface area contributed by atoms with Crippen LogP contribution in [-0.2, 0) is 4.79 Å². The number of nitrogens with zero attached hydrogens (tertiary/aromatic N) is 2. The predicted octanol–water partition coefficient (Wildman–Crippen LogP) is 4.06. The molecule has 0 spiro atoms. The number of thiophene rings is 1. The fourth-order valence-corrected chi connectivity index (χ4v) is 4.57. The molecule has 1 aromatic carbocycles. The number of ketones is 1. The Morgan fingerprint density at radius 3 is 2.67 bits per heavy atom. The lowest BCUT2D eigenvalue weighted by Gasteiger charge is -2.39. The molecule has 0 saturated carbocycles. The SMILES string of the molecule is COc1ccc(N2C(N)=C(C#N)[C@@H](c3ccsc3)C3=C2CCCC3=O)cc1. The number of rotatable bonds is 3. The second-order valence-corrected chi connectivity index (χ2v) is 7.35. The summed E-state index contributed by atoms with van der Waals surface area (Å²) in [4.78, 5) is 14.8. The molecular weight excluding hydrogens is 358 g/mol. The quantitative estimate of drug-likeness (QED) is 0.872. The summed E-state index contributed by atoms with van der Waals surface area (Å²) in [5.74, 6) is 0.862. The topological polar surface area (TPSA) is 79.3 Å². The Balaban J connectivity index is 1.92. The minimum Gasteiger partial charge on any atom is -0.497 e. The number of methoxy groups -OCH3 is 1. The van der Waals surface area contributed by atoms with Crippen molar-refractivity contribution in [3.8, 4) is 11.8 Å². The van der Waals surface area contributed by atoms with Gasteiger partial charge in [0.25, 0.3) is 0 Å². The average Bonchev–Trinajstić information content (AvgIpc) is 3.22. The van der Waals surface area contributed by atoms with E-state index in [1.54, 1.807) is 18.4 Å². The lowest BCUT2D eigenvalue weighted by molar-refractivity contribution is -0.116. The number of benzene rings is 1. The third-order valence-corrected chi connectivity index (χ3v) is 5.82. The highest BCUT2D eigenvalue weighted by molar-refractivity contribution is 7.08. The number of hydrogen-bond acceptors (Lipinski definition) is 6. The Labute approximate surface area is 162 Å². The molecular formula is C21H19N3O2S. The standard InChI is InChI=1S/C21H19N3O2S/c1-26-15-7-5-14(6-8-15)24-17-3-2-4-18(25)20(17)19(13-9-10-27-12-13)16(11-22)21(24)23/h5-10,12,19H,2-4,23H2,1H3/t19-/m1/s1. The largest absolute Gasteiger partial charge is 0.497 e. The van der Waals surface area contributed by atoms with Crippen LogP contribution in [-0.4, -0.2) is 12.9 Å². The average molecular weight is 377 g/mol. The van der Waals surface area contributed by atoms with Crippen LogP contribution in [0.15, 0.2) is 63.8 Å². The van der Waals surface area contributed by atoms with Crippen LogP contribution in [0.3, 0.4) is 0 Å². The molecule has 0 saturated heterocycles. The van der Waals surface area contributed by atoms with Crippen LogP contribution >= 0.6 is 11.3 Å². The fourth-order valence-electron chi connectivity index (χ4n) is 3.89. The van der Waals surface area contributed by atoms with Gasteiger partial charge in [0.15, 0.2) is 5.78 Å². The van der Waals surface area contributed by atoms with Crippen molar-refractivity contribution in [3.63, 3.8) is 0 Å². The molecule has 1 atom stereocenters. The number of nitrogens with two attached hydrogens (primary N) is 1. The molecule has 2 aliphatic rings. The first-order valence-corrected chi connectivity index (χ1v) is 9.72. The van der Waals surface area contributed by atoms with Gasteiger partial charge >= 0.3 is 0 Å². The van der Waals surface area contributed by atoms with E-state index in [1.165, 1.54) is 0 Å². The molecule has 1 aromatic heterocycles. The first-order valence-electron chi connectivity index (χ1n) is 8.78. The molecule has 27 heavy (non-hydrogen) atoms. The van der Waals surface area contributed by atoms with E-state index in [0.717, 1.165) is 35.5 Å². The zero-order valence-corrected chi connectivity index (χ0v) is 15.8. The Hall–Kier alpha value is -3.04. The number of anilines is 1. The maximum atomic E-state index is 12.9. The van der Waals surface area contributed by atoms with Crippen molar-refractivity contribution < 1.29 is 9.53 Å². The second-order valence-electron chi connectivity index (χ2n) is 6.57. The molecule has 0 amide bonds. The summed E-state index contributed by atoms with van der Waals surface area (Å²) >= 11 is 1.55. The minimum absolute atomic E-state index is 0.103.